The minimum Gasteiger partial charge on any atom is -0.461 e. The summed E-state index contributed by atoms with van der Waals surface area (Å²) < 4.78 is 5.54. The van der Waals surface area contributed by atoms with Crippen molar-refractivity contribution in [1.29, 1.82) is 0 Å². The van der Waals surface area contributed by atoms with E-state index in [4.69, 9.17) is 4.74 Å². The lowest BCUT2D eigenvalue weighted by molar-refractivity contribution is -0.165. The number of cyclic esters (lactones) is 1. The standard InChI is InChI=1S/C22H40O3/c1-3-5-7-9-10-11-12-13-14-16-19-18-21(23)20(22(24)25-19)17-15-8-6-4-2/h19-20H,3-18H2,1-2H3/t19-,20?/m1/s1. The van der Waals surface area contributed by atoms with E-state index < -0.39 is 5.92 Å². The van der Waals surface area contributed by atoms with E-state index in [0.717, 1.165) is 25.7 Å². The van der Waals surface area contributed by atoms with Gasteiger partial charge in [0, 0.05) is 6.42 Å². The number of ketones is 1. The zero-order valence-electron chi connectivity index (χ0n) is 16.7. The van der Waals surface area contributed by atoms with Crippen molar-refractivity contribution in [3.05, 3.63) is 0 Å². The highest BCUT2D eigenvalue weighted by Crippen LogP contribution is 2.25. The number of rotatable bonds is 15. The molecule has 0 aromatic heterocycles. The minimum atomic E-state index is -0.476. The maximum atomic E-state index is 12.2. The monoisotopic (exact) mass is 352 g/mol. The van der Waals surface area contributed by atoms with Gasteiger partial charge in [-0.05, 0) is 19.3 Å². The first kappa shape index (κ1) is 22.2. The zero-order valence-corrected chi connectivity index (χ0v) is 16.7. The first-order chi connectivity index (χ1) is 12.2. The number of ether oxygens (including phenoxy) is 1. The molecule has 0 radical (unpaired) electrons. The van der Waals surface area contributed by atoms with Crippen LogP contribution in [0.2, 0.25) is 0 Å². The number of hydrogen-bond acceptors (Lipinski definition) is 3. The third kappa shape index (κ3) is 10.0. The van der Waals surface area contributed by atoms with E-state index >= 15 is 0 Å². The van der Waals surface area contributed by atoms with Gasteiger partial charge in [-0.25, -0.2) is 0 Å². The maximum absolute atomic E-state index is 12.2. The van der Waals surface area contributed by atoms with Crippen LogP contribution < -0.4 is 0 Å². The number of Topliss-reactive ketones (excluding diaryl/α,β-unsaturated/α-hetero) is 1. The Morgan fingerprint density at radius 2 is 1.20 bits per heavy atom. The van der Waals surface area contributed by atoms with Crippen LogP contribution in [0.15, 0.2) is 0 Å². The van der Waals surface area contributed by atoms with Crippen molar-refractivity contribution in [3.63, 3.8) is 0 Å². The highest BCUT2D eigenvalue weighted by atomic mass is 16.5. The summed E-state index contributed by atoms with van der Waals surface area (Å²) in [4.78, 5) is 24.3. The molecule has 0 saturated carbocycles. The normalized spacial score (nSPS) is 20.7. The zero-order chi connectivity index (χ0) is 18.3. The van der Waals surface area contributed by atoms with E-state index in [1.807, 2.05) is 0 Å². The van der Waals surface area contributed by atoms with Gasteiger partial charge in [-0.3, -0.25) is 9.59 Å². The van der Waals surface area contributed by atoms with Crippen molar-refractivity contribution >= 4 is 11.8 Å². The van der Waals surface area contributed by atoms with Gasteiger partial charge in [-0.2, -0.15) is 0 Å². The molecule has 1 rings (SSSR count). The number of unbranched alkanes of at least 4 members (excludes halogenated alkanes) is 11. The van der Waals surface area contributed by atoms with Crippen LogP contribution >= 0.6 is 0 Å². The van der Waals surface area contributed by atoms with Crippen molar-refractivity contribution in [2.24, 2.45) is 5.92 Å². The van der Waals surface area contributed by atoms with Gasteiger partial charge in [0.2, 0.25) is 0 Å². The Bertz CT molecular complexity index is 346. The van der Waals surface area contributed by atoms with Crippen molar-refractivity contribution in [2.45, 2.75) is 123 Å². The number of carbonyl (C=O) groups excluding carboxylic acids is 2. The summed E-state index contributed by atoms with van der Waals surface area (Å²) in [7, 11) is 0. The Morgan fingerprint density at radius 3 is 1.76 bits per heavy atom. The summed E-state index contributed by atoms with van der Waals surface area (Å²) in [6.45, 7) is 4.41. The average molecular weight is 353 g/mol. The lowest BCUT2D eigenvalue weighted by Crippen LogP contribution is -2.38. The van der Waals surface area contributed by atoms with Gasteiger partial charge in [-0.15, -0.1) is 0 Å². The molecule has 0 bridgehead atoms. The summed E-state index contributed by atoms with van der Waals surface area (Å²) in [5.74, 6) is -0.612. The second-order valence-electron chi connectivity index (χ2n) is 7.75. The van der Waals surface area contributed by atoms with Gasteiger partial charge in [-0.1, -0.05) is 90.9 Å². The summed E-state index contributed by atoms with van der Waals surface area (Å²) in [5.41, 5.74) is 0. The molecule has 1 fully saturated rings. The molecule has 1 aliphatic rings. The van der Waals surface area contributed by atoms with Crippen molar-refractivity contribution < 1.29 is 14.3 Å². The van der Waals surface area contributed by atoms with Gasteiger partial charge < -0.3 is 4.74 Å². The fourth-order valence-corrected chi connectivity index (χ4v) is 3.68. The Morgan fingerprint density at radius 1 is 0.720 bits per heavy atom. The van der Waals surface area contributed by atoms with Gasteiger partial charge in [0.05, 0.1) is 0 Å². The molecule has 0 aromatic rings. The Balaban J connectivity index is 2.07. The highest BCUT2D eigenvalue weighted by Gasteiger charge is 2.36. The molecule has 0 spiro atoms. The summed E-state index contributed by atoms with van der Waals surface area (Å²) in [6, 6.07) is 0. The van der Waals surface area contributed by atoms with Crippen LogP contribution in [0.1, 0.15) is 117 Å². The molecular formula is C22H40O3. The van der Waals surface area contributed by atoms with E-state index in [2.05, 4.69) is 13.8 Å². The van der Waals surface area contributed by atoms with Crippen LogP contribution in [0.3, 0.4) is 0 Å². The van der Waals surface area contributed by atoms with Crippen LogP contribution in [-0.2, 0) is 14.3 Å². The molecule has 1 unspecified atom stereocenters. The molecule has 0 N–H and O–H groups in total. The lowest BCUT2D eigenvalue weighted by Gasteiger charge is -2.27. The Hall–Kier alpha value is -0.860. The first-order valence-electron chi connectivity index (χ1n) is 10.9. The number of esters is 1. The van der Waals surface area contributed by atoms with Gasteiger partial charge in [0.15, 0.2) is 5.78 Å². The molecule has 3 heteroatoms. The molecule has 146 valence electrons. The Kier molecular flexibility index (Phi) is 12.7. The number of carbonyl (C=O) groups is 2. The molecule has 3 nitrogen and oxygen atoms in total. The van der Waals surface area contributed by atoms with Crippen molar-refractivity contribution in [2.75, 3.05) is 0 Å². The second-order valence-corrected chi connectivity index (χ2v) is 7.75. The van der Waals surface area contributed by atoms with E-state index in [9.17, 15) is 9.59 Å². The van der Waals surface area contributed by atoms with E-state index in [-0.39, 0.29) is 17.9 Å². The van der Waals surface area contributed by atoms with Crippen LogP contribution in [0.25, 0.3) is 0 Å². The summed E-state index contributed by atoms with van der Waals surface area (Å²) in [6.07, 6.45) is 17.8. The smallest absolute Gasteiger partial charge is 0.316 e. The average Bonchev–Trinajstić information content (AvgIpc) is 2.59. The molecular weight excluding hydrogens is 312 g/mol. The van der Waals surface area contributed by atoms with Gasteiger partial charge in [0.1, 0.15) is 12.0 Å². The quantitative estimate of drug-likeness (QED) is 0.195. The third-order valence-electron chi connectivity index (χ3n) is 5.36. The predicted molar refractivity (Wildman–Crippen MR) is 104 cm³/mol. The van der Waals surface area contributed by atoms with Crippen molar-refractivity contribution in [3.8, 4) is 0 Å². The molecule has 0 amide bonds. The van der Waals surface area contributed by atoms with E-state index in [0.29, 0.717) is 12.8 Å². The van der Waals surface area contributed by atoms with Crippen LogP contribution in [-0.4, -0.2) is 17.9 Å². The molecule has 0 aliphatic carbocycles. The summed E-state index contributed by atoms with van der Waals surface area (Å²) in [5, 5.41) is 0. The van der Waals surface area contributed by atoms with Gasteiger partial charge in [0.25, 0.3) is 0 Å². The fourth-order valence-electron chi connectivity index (χ4n) is 3.68. The van der Waals surface area contributed by atoms with Crippen LogP contribution in [0.5, 0.6) is 0 Å². The maximum Gasteiger partial charge on any atom is 0.316 e. The van der Waals surface area contributed by atoms with E-state index in [1.54, 1.807) is 0 Å². The molecule has 1 saturated heterocycles. The minimum absolute atomic E-state index is 0.119. The molecule has 25 heavy (non-hydrogen) atoms. The first-order valence-corrected chi connectivity index (χ1v) is 10.9. The lowest BCUT2D eigenvalue weighted by atomic mass is 9.89. The summed E-state index contributed by atoms with van der Waals surface area (Å²) >= 11 is 0. The topological polar surface area (TPSA) is 43.4 Å². The number of hydrogen-bond donors (Lipinski definition) is 0. The Labute approximate surface area is 155 Å². The highest BCUT2D eigenvalue weighted by molar-refractivity contribution is 6.00. The van der Waals surface area contributed by atoms with E-state index in [1.165, 1.54) is 64.2 Å². The second kappa shape index (κ2) is 14.3. The van der Waals surface area contributed by atoms with Crippen LogP contribution in [0.4, 0.5) is 0 Å². The fraction of sp³-hybridized carbons (Fsp3) is 0.909. The van der Waals surface area contributed by atoms with Gasteiger partial charge >= 0.3 is 5.97 Å². The van der Waals surface area contributed by atoms with Crippen LogP contribution in [0, 0.1) is 5.92 Å². The van der Waals surface area contributed by atoms with Crippen molar-refractivity contribution in [1.82, 2.24) is 0 Å². The molecule has 1 aliphatic heterocycles. The molecule has 0 aromatic carbocycles. The molecule has 2 atom stereocenters. The molecule has 1 heterocycles. The third-order valence-corrected chi connectivity index (χ3v) is 5.36. The largest absolute Gasteiger partial charge is 0.461 e. The predicted octanol–water partition coefficient (Wildman–Crippen LogP) is 6.38. The SMILES string of the molecule is CCCCCCCCCCC[C@@H]1CC(=O)C(CCCCCC)C(=O)O1.